The van der Waals surface area contributed by atoms with Gasteiger partial charge in [-0.05, 0) is 13.8 Å². The van der Waals surface area contributed by atoms with E-state index in [9.17, 15) is 0 Å². The number of ether oxygens (including phenoxy) is 2. The predicted molar refractivity (Wildman–Crippen MR) is 52.0 cm³/mol. The maximum absolute atomic E-state index is 8.56. The molecule has 0 bridgehead atoms. The molecule has 7 nitrogen and oxygen atoms in total. The smallest absolute Gasteiger partial charge is 0.450 e. The Labute approximate surface area is 83.6 Å². The Morgan fingerprint density at radius 3 is 1.14 bits per heavy atom. The molecule has 0 aliphatic heterocycles. The van der Waals surface area contributed by atoms with Crippen LogP contribution >= 0.6 is 0 Å². The van der Waals surface area contributed by atoms with Crippen molar-refractivity contribution in [3.63, 3.8) is 0 Å². The normalized spacial score (nSPS) is 12.4. The van der Waals surface area contributed by atoms with E-state index in [2.05, 4.69) is 9.47 Å². The number of carbonyl (C=O) groups is 1. The molecule has 0 spiro atoms. The topological polar surface area (TPSA) is 128 Å². The van der Waals surface area contributed by atoms with Crippen molar-refractivity contribution < 1.29 is 24.5 Å². The summed E-state index contributed by atoms with van der Waals surface area (Å²) in [7, 11) is 3.15. The van der Waals surface area contributed by atoms with Crippen LogP contribution in [-0.4, -0.2) is 43.0 Å². The number of nitrogens with two attached hydrogens (primary N) is 2. The summed E-state index contributed by atoms with van der Waals surface area (Å²) in [6.07, 6.45) is -2.06. The Morgan fingerprint density at radius 1 is 1.07 bits per heavy atom. The van der Waals surface area contributed by atoms with E-state index < -0.39 is 6.16 Å². The van der Waals surface area contributed by atoms with Crippen LogP contribution in [0.15, 0.2) is 0 Å². The van der Waals surface area contributed by atoms with Crippen LogP contribution in [0.4, 0.5) is 4.79 Å². The zero-order valence-corrected chi connectivity index (χ0v) is 8.93. The van der Waals surface area contributed by atoms with Gasteiger partial charge in [-0.3, -0.25) is 0 Å². The summed E-state index contributed by atoms with van der Waals surface area (Å²) in [4.78, 5) is 8.56. The highest BCUT2D eigenvalue weighted by atomic mass is 16.6. The van der Waals surface area contributed by atoms with Gasteiger partial charge in [-0.1, -0.05) is 0 Å². The zero-order chi connectivity index (χ0) is 12.1. The Bertz CT molecular complexity index is 107. The largest absolute Gasteiger partial charge is 0.503 e. The van der Waals surface area contributed by atoms with E-state index in [1.807, 2.05) is 0 Å². The molecule has 0 aliphatic carbocycles. The van der Waals surface area contributed by atoms with E-state index in [0.717, 1.165) is 0 Å². The summed E-state index contributed by atoms with van der Waals surface area (Å²) >= 11 is 0. The molecule has 88 valence electrons. The number of hydrogen-bond donors (Lipinski definition) is 4. The third kappa shape index (κ3) is 117. The predicted octanol–water partition coefficient (Wildman–Crippen LogP) is 0.0974. The molecule has 0 aromatic carbocycles. The second kappa shape index (κ2) is 14.6. The third-order valence-corrected chi connectivity index (χ3v) is 0.744. The highest BCUT2D eigenvalue weighted by Crippen LogP contribution is 1.67. The molecule has 2 unspecified atom stereocenters. The summed E-state index contributed by atoms with van der Waals surface area (Å²) in [6, 6.07) is 0. The van der Waals surface area contributed by atoms with Gasteiger partial charge in [-0.25, -0.2) is 4.79 Å². The average Bonchev–Trinajstić information content (AvgIpc) is 2.04. The monoisotopic (exact) mass is 212 g/mol. The molecule has 0 radical (unpaired) electrons. The van der Waals surface area contributed by atoms with E-state index >= 15 is 0 Å². The Balaban J connectivity index is -0.000000131. The molecule has 0 amide bonds. The van der Waals surface area contributed by atoms with Crippen molar-refractivity contribution in [2.75, 3.05) is 14.2 Å². The van der Waals surface area contributed by atoms with Crippen molar-refractivity contribution in [1.29, 1.82) is 0 Å². The molecule has 0 aromatic heterocycles. The van der Waals surface area contributed by atoms with Gasteiger partial charge in [-0.2, -0.15) is 0 Å². The molecule has 0 fully saturated rings. The van der Waals surface area contributed by atoms with Crippen LogP contribution in [0.25, 0.3) is 0 Å². The highest BCUT2D eigenvalue weighted by molar-refractivity contribution is 5.53. The number of methoxy groups -OCH3 is 2. The molecule has 0 heterocycles. The first kappa shape index (κ1) is 18.8. The fraction of sp³-hybridized carbons (Fsp3) is 0.857. The van der Waals surface area contributed by atoms with E-state index in [-0.39, 0.29) is 12.5 Å². The quantitative estimate of drug-likeness (QED) is 0.478. The number of hydrogen-bond acceptors (Lipinski definition) is 5. The van der Waals surface area contributed by atoms with Crippen molar-refractivity contribution in [2.45, 2.75) is 26.3 Å². The highest BCUT2D eigenvalue weighted by Gasteiger charge is 1.78. The molecule has 0 rings (SSSR count). The van der Waals surface area contributed by atoms with Gasteiger partial charge in [0.05, 0.1) is 0 Å². The van der Waals surface area contributed by atoms with Crippen molar-refractivity contribution >= 4 is 6.16 Å². The van der Waals surface area contributed by atoms with E-state index in [0.29, 0.717) is 0 Å². The first-order valence-corrected chi connectivity index (χ1v) is 3.76. The van der Waals surface area contributed by atoms with E-state index in [1.54, 1.807) is 28.1 Å². The first-order valence-electron chi connectivity index (χ1n) is 3.76. The lowest BCUT2D eigenvalue weighted by Gasteiger charge is -1.95. The Morgan fingerprint density at radius 2 is 1.14 bits per heavy atom. The summed E-state index contributed by atoms with van der Waals surface area (Å²) in [5.41, 5.74) is 10.1. The van der Waals surface area contributed by atoms with Crippen LogP contribution in [0.1, 0.15) is 13.8 Å². The lowest BCUT2D eigenvalue weighted by atomic mass is 10.7. The van der Waals surface area contributed by atoms with Crippen molar-refractivity contribution in [1.82, 2.24) is 0 Å². The van der Waals surface area contributed by atoms with Crippen LogP contribution in [0, 0.1) is 0 Å². The molecule has 14 heavy (non-hydrogen) atoms. The summed E-state index contributed by atoms with van der Waals surface area (Å²) in [5, 5.41) is 13.9. The van der Waals surface area contributed by atoms with Crippen LogP contribution < -0.4 is 11.5 Å². The van der Waals surface area contributed by atoms with Crippen LogP contribution in [0.2, 0.25) is 0 Å². The Hall–Kier alpha value is -0.890. The van der Waals surface area contributed by atoms with E-state index in [1.165, 1.54) is 0 Å². The maximum Gasteiger partial charge on any atom is 0.503 e. The maximum atomic E-state index is 8.56. The van der Waals surface area contributed by atoms with Gasteiger partial charge in [0.15, 0.2) is 0 Å². The molecule has 0 aromatic rings. The first-order chi connectivity index (χ1) is 6.27. The van der Waals surface area contributed by atoms with Crippen LogP contribution in [0.5, 0.6) is 0 Å². The second-order valence-electron chi connectivity index (χ2n) is 2.16. The van der Waals surface area contributed by atoms with Gasteiger partial charge in [0, 0.05) is 14.2 Å². The molecule has 7 heteroatoms. The molecule has 0 saturated carbocycles. The minimum Gasteiger partial charge on any atom is -0.450 e. The minimum atomic E-state index is -1.83. The summed E-state index contributed by atoms with van der Waals surface area (Å²) in [5.74, 6) is 0. The van der Waals surface area contributed by atoms with Gasteiger partial charge in [0.1, 0.15) is 12.5 Å². The number of carboxylic acid groups (broad SMARTS) is 2. The van der Waals surface area contributed by atoms with Crippen molar-refractivity contribution in [3.05, 3.63) is 0 Å². The van der Waals surface area contributed by atoms with Crippen molar-refractivity contribution in [3.8, 4) is 0 Å². The molecule has 2 atom stereocenters. The van der Waals surface area contributed by atoms with E-state index in [4.69, 9.17) is 26.5 Å². The van der Waals surface area contributed by atoms with Crippen molar-refractivity contribution in [2.24, 2.45) is 11.5 Å². The Kier molecular flexibility index (Phi) is 19.6. The lowest BCUT2D eigenvalue weighted by Crippen LogP contribution is -2.15. The van der Waals surface area contributed by atoms with Gasteiger partial charge in [-0.15, -0.1) is 0 Å². The zero-order valence-electron chi connectivity index (χ0n) is 8.93. The molecular formula is C7H20N2O5. The van der Waals surface area contributed by atoms with Gasteiger partial charge < -0.3 is 31.2 Å². The fourth-order valence-electron chi connectivity index (χ4n) is 0. The third-order valence-electron chi connectivity index (χ3n) is 0.744. The van der Waals surface area contributed by atoms with Crippen LogP contribution in [-0.2, 0) is 9.47 Å². The van der Waals surface area contributed by atoms with Crippen LogP contribution in [0.3, 0.4) is 0 Å². The van der Waals surface area contributed by atoms with Gasteiger partial charge in [0.2, 0.25) is 0 Å². The standard InChI is InChI=1S/2C3H9NO.CH2O3/c2*1-3(4)5-2;2-1(3)4/h2*3H,4H2,1-2H3;(H2,2,3,4). The molecule has 0 aliphatic rings. The summed E-state index contributed by atoms with van der Waals surface area (Å²) in [6.45, 7) is 3.56. The fourth-order valence-corrected chi connectivity index (χ4v) is 0. The summed E-state index contributed by atoms with van der Waals surface area (Å²) < 4.78 is 9.06. The van der Waals surface area contributed by atoms with Gasteiger partial charge in [0.25, 0.3) is 0 Å². The molecule has 6 N–H and O–H groups in total. The SMILES string of the molecule is COC(C)N.COC(C)N.O=C(O)O. The van der Waals surface area contributed by atoms with Gasteiger partial charge >= 0.3 is 6.16 Å². The molecular weight excluding hydrogens is 192 g/mol. The second-order valence-corrected chi connectivity index (χ2v) is 2.16. The average molecular weight is 212 g/mol. The minimum absolute atomic E-state index is 0.116. The molecule has 0 saturated heterocycles. The number of rotatable bonds is 2. The lowest BCUT2D eigenvalue weighted by molar-refractivity contribution is 0.124.